The minimum Gasteiger partial charge on any atom is -0.493 e. The third-order valence-corrected chi connectivity index (χ3v) is 6.68. The number of carbonyl (C=O) groups is 1. The zero-order chi connectivity index (χ0) is 25.8. The van der Waals surface area contributed by atoms with Gasteiger partial charge in [-0.2, -0.15) is 15.1 Å². The summed E-state index contributed by atoms with van der Waals surface area (Å²) in [7, 11) is 1.53. The van der Waals surface area contributed by atoms with Crippen LogP contribution >= 0.6 is 23.4 Å². The summed E-state index contributed by atoms with van der Waals surface area (Å²) in [5.74, 6) is 1.05. The van der Waals surface area contributed by atoms with Gasteiger partial charge in [0.25, 0.3) is 5.91 Å². The van der Waals surface area contributed by atoms with E-state index in [1.807, 2.05) is 42.5 Å². The van der Waals surface area contributed by atoms with Gasteiger partial charge >= 0.3 is 0 Å². The topological polar surface area (TPSA) is 96.6 Å². The number of thioether (sulfide) groups is 1. The Morgan fingerprint density at radius 2 is 1.70 bits per heavy atom. The van der Waals surface area contributed by atoms with Crippen LogP contribution in [0.5, 0.6) is 17.2 Å². The number of hydrazone groups is 1. The number of methoxy groups -OCH3 is 1. The van der Waals surface area contributed by atoms with E-state index in [1.165, 1.54) is 23.9 Å². The van der Waals surface area contributed by atoms with Crippen molar-refractivity contribution in [2.24, 2.45) is 10.1 Å². The van der Waals surface area contributed by atoms with Gasteiger partial charge in [0.2, 0.25) is 5.17 Å². The van der Waals surface area contributed by atoms with Crippen molar-refractivity contribution >= 4 is 51.4 Å². The van der Waals surface area contributed by atoms with Crippen LogP contribution in [0, 0.1) is 5.41 Å². The van der Waals surface area contributed by atoms with Gasteiger partial charge in [-0.15, -0.1) is 0 Å². The highest BCUT2D eigenvalue weighted by atomic mass is 35.5. The van der Waals surface area contributed by atoms with E-state index >= 15 is 0 Å². The van der Waals surface area contributed by atoms with E-state index in [4.69, 9.17) is 31.2 Å². The summed E-state index contributed by atoms with van der Waals surface area (Å²) < 4.78 is 16.9. The summed E-state index contributed by atoms with van der Waals surface area (Å²) in [5.41, 5.74) is 1.68. The molecule has 0 bridgehead atoms. The Morgan fingerprint density at radius 3 is 2.46 bits per heavy atom. The zero-order valence-electron chi connectivity index (χ0n) is 19.7. The van der Waals surface area contributed by atoms with E-state index < -0.39 is 5.91 Å². The monoisotopic (exact) mass is 532 g/mol. The molecule has 10 heteroatoms. The van der Waals surface area contributed by atoms with E-state index in [2.05, 4.69) is 10.1 Å². The lowest BCUT2D eigenvalue weighted by Gasteiger charge is -2.20. The Hall–Kier alpha value is -4.08. The molecule has 2 heterocycles. The van der Waals surface area contributed by atoms with E-state index in [9.17, 15) is 4.79 Å². The van der Waals surface area contributed by atoms with E-state index in [0.29, 0.717) is 44.7 Å². The molecule has 1 amide bonds. The van der Waals surface area contributed by atoms with Crippen LogP contribution in [-0.4, -0.2) is 47.3 Å². The lowest BCUT2D eigenvalue weighted by Crippen LogP contribution is -2.35. The number of ether oxygens (including phenoxy) is 3. The Bertz CT molecular complexity index is 1460. The van der Waals surface area contributed by atoms with Gasteiger partial charge in [0.05, 0.1) is 17.7 Å². The van der Waals surface area contributed by atoms with Gasteiger partial charge in [0.1, 0.15) is 24.0 Å². The zero-order valence-corrected chi connectivity index (χ0v) is 21.3. The minimum atomic E-state index is -0.496. The Morgan fingerprint density at radius 1 is 0.973 bits per heavy atom. The average molecular weight is 533 g/mol. The molecule has 8 nitrogen and oxygen atoms in total. The summed E-state index contributed by atoms with van der Waals surface area (Å²) in [6, 6.07) is 22.1. The lowest BCUT2D eigenvalue weighted by atomic mass is 10.1. The molecule has 0 atom stereocenters. The first-order valence-corrected chi connectivity index (χ1v) is 12.5. The second-order valence-electron chi connectivity index (χ2n) is 7.83. The number of para-hydroxylation sites is 1. The summed E-state index contributed by atoms with van der Waals surface area (Å²) in [6.07, 6.45) is 1.60. The molecule has 0 aromatic heterocycles. The fraction of sp³-hybridized carbons (Fsp3) is 0.111. The number of hydrogen-bond acceptors (Lipinski definition) is 7. The number of carbonyl (C=O) groups excluding carboxylic acids is 1. The van der Waals surface area contributed by atoms with E-state index in [0.717, 1.165) is 5.56 Å². The number of amides is 1. The quantitative estimate of drug-likeness (QED) is 0.305. The van der Waals surface area contributed by atoms with Crippen molar-refractivity contribution in [3.63, 3.8) is 0 Å². The van der Waals surface area contributed by atoms with E-state index in [-0.39, 0.29) is 18.0 Å². The van der Waals surface area contributed by atoms with Crippen LogP contribution in [0.4, 0.5) is 0 Å². The van der Waals surface area contributed by atoms with Crippen LogP contribution in [0.1, 0.15) is 11.1 Å². The number of rotatable bonds is 8. The van der Waals surface area contributed by atoms with Crippen LogP contribution in [0.3, 0.4) is 0 Å². The van der Waals surface area contributed by atoms with Gasteiger partial charge in [-0.25, -0.2) is 0 Å². The van der Waals surface area contributed by atoms with Gasteiger partial charge < -0.3 is 14.2 Å². The van der Waals surface area contributed by atoms with Crippen LogP contribution in [-0.2, 0) is 4.79 Å². The number of hydrogen-bond donors (Lipinski definition) is 1. The van der Waals surface area contributed by atoms with Crippen molar-refractivity contribution in [3.05, 3.63) is 94.5 Å². The highest BCUT2D eigenvalue weighted by Gasteiger charge is 2.36. The number of fused-ring (bicyclic) bond motifs is 1. The fourth-order valence-electron chi connectivity index (χ4n) is 3.61. The largest absolute Gasteiger partial charge is 0.493 e. The third kappa shape index (κ3) is 5.37. The van der Waals surface area contributed by atoms with Crippen molar-refractivity contribution in [2.75, 3.05) is 20.3 Å². The van der Waals surface area contributed by atoms with Crippen LogP contribution < -0.4 is 14.2 Å². The minimum absolute atomic E-state index is 0.0375. The highest BCUT2D eigenvalue weighted by Crippen LogP contribution is 2.33. The SMILES string of the molecule is COc1cc(/C=C2/C(=N)N3N=C(c4ccccc4)SC3=NC2=O)ccc1OCCOc1ccccc1Cl. The Labute approximate surface area is 222 Å². The fourth-order valence-corrected chi connectivity index (χ4v) is 4.70. The lowest BCUT2D eigenvalue weighted by molar-refractivity contribution is -0.114. The second-order valence-corrected chi connectivity index (χ2v) is 9.19. The molecule has 37 heavy (non-hydrogen) atoms. The molecule has 3 aromatic carbocycles. The molecule has 0 saturated carbocycles. The maximum Gasteiger partial charge on any atom is 0.283 e. The molecule has 0 unspecified atom stereocenters. The summed E-state index contributed by atoms with van der Waals surface area (Å²) in [5, 5.41) is 16.1. The molecule has 0 fully saturated rings. The summed E-state index contributed by atoms with van der Waals surface area (Å²) in [6.45, 7) is 0.570. The normalized spacial score (nSPS) is 15.8. The van der Waals surface area contributed by atoms with Crippen molar-refractivity contribution in [1.82, 2.24) is 5.01 Å². The second kappa shape index (κ2) is 10.9. The van der Waals surface area contributed by atoms with Crippen molar-refractivity contribution in [3.8, 4) is 17.2 Å². The molecule has 0 aliphatic carbocycles. The molecule has 2 aliphatic rings. The average Bonchev–Trinajstić information content (AvgIpc) is 3.35. The number of aliphatic imine (C=N–C) groups is 1. The van der Waals surface area contributed by atoms with Gasteiger partial charge in [0.15, 0.2) is 17.3 Å². The van der Waals surface area contributed by atoms with E-state index in [1.54, 1.807) is 36.4 Å². The van der Waals surface area contributed by atoms with Gasteiger partial charge in [-0.1, -0.05) is 60.1 Å². The maximum atomic E-state index is 12.8. The molecule has 0 radical (unpaired) electrons. The first-order chi connectivity index (χ1) is 18.0. The van der Waals surface area contributed by atoms with Crippen LogP contribution in [0.25, 0.3) is 6.08 Å². The molecule has 1 N–H and O–H groups in total. The first kappa shape index (κ1) is 24.6. The molecule has 5 rings (SSSR count). The maximum absolute atomic E-state index is 12.8. The predicted octanol–water partition coefficient (Wildman–Crippen LogP) is 5.47. The first-order valence-electron chi connectivity index (χ1n) is 11.3. The van der Waals surface area contributed by atoms with Crippen LogP contribution in [0.15, 0.2) is 88.5 Å². The summed E-state index contributed by atoms with van der Waals surface area (Å²) in [4.78, 5) is 16.9. The molecule has 0 spiro atoms. The predicted molar refractivity (Wildman–Crippen MR) is 146 cm³/mol. The molecule has 186 valence electrons. The Kier molecular flexibility index (Phi) is 7.25. The number of nitrogens with one attached hydrogen (secondary N) is 1. The number of amidine groups is 2. The van der Waals surface area contributed by atoms with Crippen LogP contribution in [0.2, 0.25) is 5.02 Å². The molecule has 3 aromatic rings. The highest BCUT2D eigenvalue weighted by molar-refractivity contribution is 8.27. The molecule has 0 saturated heterocycles. The molecular formula is C27H21ClN4O4S. The van der Waals surface area contributed by atoms with Gasteiger partial charge in [-0.3, -0.25) is 10.2 Å². The van der Waals surface area contributed by atoms with Crippen molar-refractivity contribution in [2.45, 2.75) is 0 Å². The number of benzene rings is 3. The van der Waals surface area contributed by atoms with Crippen molar-refractivity contribution < 1.29 is 19.0 Å². The summed E-state index contributed by atoms with van der Waals surface area (Å²) >= 11 is 7.36. The van der Waals surface area contributed by atoms with Crippen molar-refractivity contribution in [1.29, 1.82) is 5.41 Å². The standard InChI is InChI=1S/C27H21ClN4O4S/c1-34-23-16-17(11-12-22(23)36-14-13-35-21-10-6-5-9-20(21)28)15-19-24(29)32-27(30-25(19)33)37-26(31-32)18-7-3-2-4-8-18/h2-12,15-16,29H,13-14H2,1H3/b19-15-,29-24?. The smallest absolute Gasteiger partial charge is 0.283 e. The molecular weight excluding hydrogens is 512 g/mol. The van der Waals surface area contributed by atoms with Gasteiger partial charge in [-0.05, 0) is 47.7 Å². The third-order valence-electron chi connectivity index (χ3n) is 5.41. The molecule has 2 aliphatic heterocycles. The van der Waals surface area contributed by atoms with Gasteiger partial charge in [0, 0.05) is 5.56 Å². The number of halogens is 1. The number of nitrogens with zero attached hydrogens (tertiary/aromatic N) is 3. The Balaban J connectivity index is 1.29.